The highest BCUT2D eigenvalue weighted by Crippen LogP contribution is 2.41. The van der Waals surface area contributed by atoms with E-state index >= 15 is 0 Å². The largest absolute Gasteiger partial charge is 0.375 e. The first-order chi connectivity index (χ1) is 10.5. The van der Waals surface area contributed by atoms with Crippen LogP contribution in [0.2, 0.25) is 0 Å². The Kier molecular flexibility index (Phi) is 3.65. The van der Waals surface area contributed by atoms with Crippen molar-refractivity contribution < 1.29 is 4.79 Å². The third-order valence-electron chi connectivity index (χ3n) is 4.58. The molecule has 2 aliphatic rings. The molecule has 0 radical (unpaired) electrons. The number of anilines is 1. The van der Waals surface area contributed by atoms with Gasteiger partial charge in [0.2, 0.25) is 0 Å². The third kappa shape index (κ3) is 2.27. The van der Waals surface area contributed by atoms with E-state index in [-0.39, 0.29) is 5.78 Å². The molecule has 2 aliphatic carbocycles. The van der Waals surface area contributed by atoms with Crippen LogP contribution in [0.5, 0.6) is 0 Å². The average Bonchev–Trinajstić information content (AvgIpc) is 2.91. The number of nitrogens with zero attached hydrogens (tertiary/aromatic N) is 2. The van der Waals surface area contributed by atoms with Crippen LogP contribution < -0.4 is 4.90 Å². The quantitative estimate of drug-likeness (QED) is 0.851. The molecule has 0 aromatic heterocycles. The second kappa shape index (κ2) is 5.48. The number of hydrogen-bond acceptors (Lipinski definition) is 3. The van der Waals surface area contributed by atoms with Gasteiger partial charge in [0.15, 0.2) is 5.78 Å². The highest BCUT2D eigenvalue weighted by Gasteiger charge is 2.27. The summed E-state index contributed by atoms with van der Waals surface area (Å²) in [7, 11) is 4.10. The van der Waals surface area contributed by atoms with E-state index in [1.54, 1.807) is 6.08 Å². The van der Waals surface area contributed by atoms with Crippen molar-refractivity contribution in [1.29, 1.82) is 0 Å². The Bertz CT molecular complexity index is 725. The lowest BCUT2D eigenvalue weighted by Gasteiger charge is -2.23. The summed E-state index contributed by atoms with van der Waals surface area (Å²) in [6.45, 7) is 6.07. The van der Waals surface area contributed by atoms with Crippen LogP contribution in [0.4, 0.5) is 5.69 Å². The number of ketones is 1. The van der Waals surface area contributed by atoms with Gasteiger partial charge in [0.1, 0.15) is 0 Å². The molecule has 0 spiro atoms. The fourth-order valence-electron chi connectivity index (χ4n) is 2.87. The van der Waals surface area contributed by atoms with Crippen LogP contribution in [0.25, 0.3) is 11.6 Å². The summed E-state index contributed by atoms with van der Waals surface area (Å²) in [6, 6.07) is 6.42. The lowest BCUT2D eigenvalue weighted by atomic mass is 9.94. The van der Waals surface area contributed by atoms with E-state index < -0.39 is 0 Å². The Morgan fingerprint density at radius 1 is 0.909 bits per heavy atom. The monoisotopic (exact) mass is 294 g/mol. The minimum absolute atomic E-state index is 0.106. The van der Waals surface area contributed by atoms with Crippen molar-refractivity contribution in [3.8, 4) is 0 Å². The molecule has 1 aromatic rings. The van der Waals surface area contributed by atoms with Crippen molar-refractivity contribution in [3.63, 3.8) is 0 Å². The van der Waals surface area contributed by atoms with Gasteiger partial charge in [-0.25, -0.2) is 0 Å². The zero-order valence-corrected chi connectivity index (χ0v) is 13.7. The predicted molar refractivity (Wildman–Crippen MR) is 92.7 cm³/mol. The molecule has 0 unspecified atom stereocenters. The van der Waals surface area contributed by atoms with Gasteiger partial charge in [-0.05, 0) is 54.8 Å². The molecule has 0 saturated carbocycles. The molecule has 0 saturated heterocycles. The molecule has 3 rings (SSSR count). The molecule has 0 N–H and O–H groups in total. The predicted octanol–water partition coefficient (Wildman–Crippen LogP) is 3.34. The molecule has 0 amide bonds. The van der Waals surface area contributed by atoms with E-state index in [1.807, 2.05) is 13.1 Å². The van der Waals surface area contributed by atoms with Crippen LogP contribution in [0.15, 0.2) is 41.6 Å². The second-order valence-corrected chi connectivity index (χ2v) is 5.85. The van der Waals surface area contributed by atoms with Crippen molar-refractivity contribution in [2.24, 2.45) is 0 Å². The number of rotatable bonds is 4. The molecule has 22 heavy (non-hydrogen) atoms. The van der Waals surface area contributed by atoms with Gasteiger partial charge in [-0.2, -0.15) is 0 Å². The first-order valence-corrected chi connectivity index (χ1v) is 7.81. The SMILES string of the molecule is CCN(C)C1=CC(=O)C2=Cc3ccc(N(C)CC)cc3C2=C1. The minimum Gasteiger partial charge on any atom is -0.375 e. The fraction of sp³-hybridized carbons (Fsp3) is 0.316. The Labute approximate surface area is 132 Å². The normalized spacial score (nSPS) is 15.6. The van der Waals surface area contributed by atoms with Gasteiger partial charge >= 0.3 is 0 Å². The van der Waals surface area contributed by atoms with Gasteiger partial charge in [0, 0.05) is 50.2 Å². The minimum atomic E-state index is 0.106. The second-order valence-electron chi connectivity index (χ2n) is 5.85. The Balaban J connectivity index is 2.07. The molecule has 1 aromatic carbocycles. The van der Waals surface area contributed by atoms with Gasteiger partial charge in [0.25, 0.3) is 0 Å². The molecule has 3 nitrogen and oxygen atoms in total. The van der Waals surface area contributed by atoms with Crippen LogP contribution >= 0.6 is 0 Å². The summed E-state index contributed by atoms with van der Waals surface area (Å²) in [4.78, 5) is 16.7. The van der Waals surface area contributed by atoms with Crippen LogP contribution in [0.1, 0.15) is 25.0 Å². The summed E-state index contributed by atoms with van der Waals surface area (Å²) >= 11 is 0. The Morgan fingerprint density at radius 3 is 2.32 bits per heavy atom. The molecule has 3 heteroatoms. The summed E-state index contributed by atoms with van der Waals surface area (Å²) < 4.78 is 0. The maximum Gasteiger partial charge on any atom is 0.188 e. The smallest absolute Gasteiger partial charge is 0.188 e. The van der Waals surface area contributed by atoms with Crippen LogP contribution in [-0.2, 0) is 4.79 Å². The standard InChI is InChI=1S/C19H22N2O/c1-5-20(3)14-8-7-13-9-18-17(16(13)10-14)11-15(12-19(18)22)21(4)6-2/h7-12H,5-6H2,1-4H3. The maximum atomic E-state index is 12.4. The number of carbonyl (C=O) groups is 1. The van der Waals surface area contributed by atoms with Gasteiger partial charge in [-0.1, -0.05) is 6.07 Å². The van der Waals surface area contributed by atoms with Gasteiger partial charge in [-0.15, -0.1) is 0 Å². The first kappa shape index (κ1) is 14.6. The number of hydrogen-bond donors (Lipinski definition) is 0. The molecular weight excluding hydrogens is 272 g/mol. The van der Waals surface area contributed by atoms with E-state index in [1.165, 1.54) is 5.69 Å². The van der Waals surface area contributed by atoms with E-state index in [4.69, 9.17) is 0 Å². The maximum absolute atomic E-state index is 12.4. The van der Waals surface area contributed by atoms with Crippen molar-refractivity contribution in [2.75, 3.05) is 32.1 Å². The van der Waals surface area contributed by atoms with Crippen molar-refractivity contribution in [1.82, 2.24) is 4.90 Å². The number of benzene rings is 1. The van der Waals surface area contributed by atoms with E-state index in [2.05, 4.69) is 55.0 Å². The topological polar surface area (TPSA) is 23.6 Å². The average molecular weight is 294 g/mol. The molecular formula is C19H22N2O. The fourth-order valence-corrected chi connectivity index (χ4v) is 2.87. The van der Waals surface area contributed by atoms with Gasteiger partial charge < -0.3 is 9.80 Å². The lowest BCUT2D eigenvalue weighted by Crippen LogP contribution is -2.20. The Hall–Kier alpha value is -2.29. The molecule has 0 bridgehead atoms. The summed E-state index contributed by atoms with van der Waals surface area (Å²) in [5, 5.41) is 0. The van der Waals surface area contributed by atoms with E-state index in [0.717, 1.165) is 41.1 Å². The van der Waals surface area contributed by atoms with E-state index in [9.17, 15) is 4.79 Å². The highest BCUT2D eigenvalue weighted by atomic mass is 16.1. The zero-order chi connectivity index (χ0) is 15.9. The summed E-state index contributed by atoms with van der Waals surface area (Å²) in [5.41, 5.74) is 6.35. The zero-order valence-electron chi connectivity index (χ0n) is 13.7. The van der Waals surface area contributed by atoms with Gasteiger partial charge in [0.05, 0.1) is 0 Å². The molecule has 0 atom stereocenters. The molecule has 0 heterocycles. The lowest BCUT2D eigenvalue weighted by molar-refractivity contribution is -0.111. The number of fused-ring (bicyclic) bond motifs is 3. The van der Waals surface area contributed by atoms with Crippen molar-refractivity contribution in [3.05, 3.63) is 52.7 Å². The van der Waals surface area contributed by atoms with E-state index in [0.29, 0.717) is 0 Å². The van der Waals surface area contributed by atoms with Gasteiger partial charge in [-0.3, -0.25) is 4.79 Å². The molecule has 0 aliphatic heterocycles. The van der Waals surface area contributed by atoms with Crippen LogP contribution in [-0.4, -0.2) is 37.9 Å². The first-order valence-electron chi connectivity index (χ1n) is 7.81. The number of carbonyl (C=O) groups excluding carboxylic acids is 1. The summed E-state index contributed by atoms with van der Waals surface area (Å²) in [5.74, 6) is 0.106. The molecule has 0 fully saturated rings. The van der Waals surface area contributed by atoms with Crippen LogP contribution in [0.3, 0.4) is 0 Å². The summed E-state index contributed by atoms with van der Waals surface area (Å²) in [6.07, 6.45) is 5.89. The number of allylic oxidation sites excluding steroid dienone is 4. The number of likely N-dealkylation sites (N-methyl/N-ethyl adjacent to an activating group) is 1. The van der Waals surface area contributed by atoms with Crippen molar-refractivity contribution in [2.45, 2.75) is 13.8 Å². The highest BCUT2D eigenvalue weighted by molar-refractivity contribution is 6.24. The third-order valence-corrected chi connectivity index (χ3v) is 4.58. The Morgan fingerprint density at radius 2 is 1.64 bits per heavy atom. The molecule has 114 valence electrons. The van der Waals surface area contributed by atoms with Crippen molar-refractivity contribution >= 4 is 23.1 Å². The van der Waals surface area contributed by atoms with Crippen LogP contribution in [0, 0.1) is 0 Å².